The molecule has 0 aliphatic carbocycles. The van der Waals surface area contributed by atoms with E-state index in [1.807, 2.05) is 53.8 Å². The monoisotopic (exact) mass is 628 g/mol. The number of aromatic hydroxyl groups is 1. The summed E-state index contributed by atoms with van der Waals surface area (Å²) in [5.41, 5.74) is 4.30. The van der Waals surface area contributed by atoms with E-state index in [-0.39, 0.29) is 5.75 Å². The lowest BCUT2D eigenvalue weighted by Crippen LogP contribution is -2.17. The first-order valence-corrected chi connectivity index (χ1v) is 11.8. The third-order valence-electron chi connectivity index (χ3n) is 4.28. The van der Waals surface area contributed by atoms with Crippen LogP contribution in [0, 0.1) is 3.57 Å². The van der Waals surface area contributed by atoms with Crippen molar-refractivity contribution in [2.24, 2.45) is 5.10 Å². The summed E-state index contributed by atoms with van der Waals surface area (Å²) in [6.07, 6.45) is 1.49. The lowest BCUT2D eigenvalue weighted by Gasteiger charge is -2.14. The number of carbonyl (C=O) groups excluding carboxylic acids is 1. The molecule has 3 rings (SSSR count). The Morgan fingerprint density at radius 3 is 2.66 bits per heavy atom. The van der Waals surface area contributed by atoms with Crippen LogP contribution in [0.4, 0.5) is 0 Å². The van der Waals surface area contributed by atoms with Gasteiger partial charge in [-0.25, -0.2) is 5.43 Å². The average molecular weight is 630 g/mol. The van der Waals surface area contributed by atoms with Gasteiger partial charge in [0.2, 0.25) is 0 Å². The Labute approximate surface area is 212 Å². The molecule has 0 fully saturated rings. The molecule has 6 nitrogen and oxygen atoms in total. The summed E-state index contributed by atoms with van der Waals surface area (Å²) in [7, 11) is 0. The maximum Gasteiger partial charge on any atom is 0.271 e. The number of hydrazone groups is 1. The van der Waals surface area contributed by atoms with Crippen LogP contribution < -0.4 is 14.9 Å². The van der Waals surface area contributed by atoms with Crippen molar-refractivity contribution >= 4 is 62.2 Å². The highest BCUT2D eigenvalue weighted by Crippen LogP contribution is 2.34. The molecule has 0 saturated heterocycles. The highest BCUT2D eigenvalue weighted by Gasteiger charge is 2.12. The molecule has 9 heteroatoms. The van der Waals surface area contributed by atoms with E-state index >= 15 is 0 Å². The normalized spacial score (nSPS) is 10.9. The fraction of sp³-hybridized carbons (Fsp3) is 0.130. The molecule has 32 heavy (non-hydrogen) atoms. The number of amides is 1. The molecule has 0 aromatic heterocycles. The largest absolute Gasteiger partial charge is 0.507 e. The van der Waals surface area contributed by atoms with Gasteiger partial charge in [0.25, 0.3) is 5.91 Å². The van der Waals surface area contributed by atoms with Crippen LogP contribution in [0.25, 0.3) is 0 Å². The molecule has 0 bridgehead atoms. The number of hydrogen-bond acceptors (Lipinski definition) is 5. The number of carbonyl (C=O) groups is 1. The molecule has 0 spiro atoms. The van der Waals surface area contributed by atoms with Crippen LogP contribution in [0.15, 0.2) is 64.2 Å². The number of phenols is 1. The van der Waals surface area contributed by atoms with Crippen molar-refractivity contribution < 1.29 is 19.4 Å². The first-order chi connectivity index (χ1) is 15.4. The molecule has 0 saturated carbocycles. The Morgan fingerprint density at radius 1 is 1.19 bits per heavy atom. The standard InChI is InChI=1S/C23H19BrClIN2O4/c1-2-31-21-10-16(12-27-28-23(30)14-7-8-19(26)20(29)9-14)17(24)11-22(21)32-13-15-5-3-4-6-18(15)25/h3-12,29H,2,13H2,1H3,(H,28,30)/b27-12-. The van der Waals surface area contributed by atoms with Crippen molar-refractivity contribution in [1.82, 2.24) is 5.43 Å². The molecule has 166 valence electrons. The highest BCUT2D eigenvalue weighted by molar-refractivity contribution is 14.1. The van der Waals surface area contributed by atoms with Crippen molar-refractivity contribution in [3.05, 3.63) is 84.4 Å². The zero-order chi connectivity index (χ0) is 23.1. The Morgan fingerprint density at radius 2 is 1.94 bits per heavy atom. The second-order valence-electron chi connectivity index (χ2n) is 6.50. The summed E-state index contributed by atoms with van der Waals surface area (Å²) in [6.45, 7) is 2.62. The fourth-order valence-corrected chi connectivity index (χ4v) is 3.63. The second kappa shape index (κ2) is 11.5. The van der Waals surface area contributed by atoms with Gasteiger partial charge < -0.3 is 14.6 Å². The van der Waals surface area contributed by atoms with E-state index in [1.165, 1.54) is 12.3 Å². The van der Waals surface area contributed by atoms with Gasteiger partial charge in [0.05, 0.1) is 16.4 Å². The van der Waals surface area contributed by atoms with Crippen LogP contribution in [-0.4, -0.2) is 23.8 Å². The molecule has 3 aromatic carbocycles. The maximum atomic E-state index is 12.2. The zero-order valence-electron chi connectivity index (χ0n) is 16.9. The van der Waals surface area contributed by atoms with Gasteiger partial charge in [-0.15, -0.1) is 0 Å². The van der Waals surface area contributed by atoms with E-state index in [0.717, 1.165) is 5.56 Å². The third kappa shape index (κ3) is 6.36. The number of rotatable bonds is 8. The molecule has 0 aliphatic rings. The smallest absolute Gasteiger partial charge is 0.271 e. The Balaban J connectivity index is 1.73. The zero-order valence-corrected chi connectivity index (χ0v) is 21.4. The van der Waals surface area contributed by atoms with Gasteiger partial charge in [0.15, 0.2) is 11.5 Å². The van der Waals surface area contributed by atoms with Gasteiger partial charge in [-0.2, -0.15) is 5.10 Å². The molecule has 3 aromatic rings. The minimum absolute atomic E-state index is 0.0405. The number of benzene rings is 3. The quantitative estimate of drug-likeness (QED) is 0.178. The van der Waals surface area contributed by atoms with Crippen molar-refractivity contribution in [2.75, 3.05) is 6.61 Å². The number of phenolic OH excluding ortho intramolecular Hbond substituents is 1. The van der Waals surface area contributed by atoms with Crippen LogP contribution in [0.1, 0.15) is 28.4 Å². The van der Waals surface area contributed by atoms with Crippen LogP contribution in [0.5, 0.6) is 17.2 Å². The van der Waals surface area contributed by atoms with Gasteiger partial charge in [0.1, 0.15) is 12.4 Å². The predicted octanol–water partition coefficient (Wildman–Crippen LogP) is 6.15. The maximum absolute atomic E-state index is 12.2. The van der Waals surface area contributed by atoms with Gasteiger partial charge in [0, 0.05) is 26.2 Å². The Kier molecular flexibility index (Phi) is 8.77. The summed E-state index contributed by atoms with van der Waals surface area (Å²) < 4.78 is 13.0. The minimum Gasteiger partial charge on any atom is -0.507 e. The van der Waals surface area contributed by atoms with Crippen LogP contribution in [-0.2, 0) is 6.61 Å². The van der Waals surface area contributed by atoms with E-state index in [2.05, 4.69) is 26.5 Å². The van der Waals surface area contributed by atoms with Gasteiger partial charge in [-0.05, 0) is 81.8 Å². The molecule has 0 unspecified atom stereocenters. The summed E-state index contributed by atoms with van der Waals surface area (Å²) in [6, 6.07) is 15.7. The summed E-state index contributed by atoms with van der Waals surface area (Å²) >= 11 is 11.7. The molecular weight excluding hydrogens is 611 g/mol. The minimum atomic E-state index is -0.436. The molecule has 0 heterocycles. The SMILES string of the molecule is CCOc1cc(/C=N\NC(=O)c2ccc(I)c(O)c2)c(Br)cc1OCc1ccccc1Cl. The summed E-state index contributed by atoms with van der Waals surface area (Å²) in [5.74, 6) is 0.694. The Hall–Kier alpha value is -2.30. The summed E-state index contributed by atoms with van der Waals surface area (Å²) in [4.78, 5) is 12.2. The van der Waals surface area contributed by atoms with Gasteiger partial charge in [-0.3, -0.25) is 4.79 Å². The van der Waals surface area contributed by atoms with Gasteiger partial charge >= 0.3 is 0 Å². The fourth-order valence-electron chi connectivity index (χ4n) is 2.68. The highest BCUT2D eigenvalue weighted by atomic mass is 127. The van der Waals surface area contributed by atoms with Crippen LogP contribution in [0.3, 0.4) is 0 Å². The Bertz CT molecular complexity index is 1160. The number of hydrogen-bond donors (Lipinski definition) is 2. The van der Waals surface area contributed by atoms with Crippen LogP contribution >= 0.6 is 50.1 Å². The molecule has 2 N–H and O–H groups in total. The van der Waals surface area contributed by atoms with E-state index < -0.39 is 5.91 Å². The van der Waals surface area contributed by atoms with E-state index in [4.69, 9.17) is 21.1 Å². The lowest BCUT2D eigenvalue weighted by molar-refractivity contribution is 0.0954. The van der Waals surface area contributed by atoms with Crippen LogP contribution in [0.2, 0.25) is 5.02 Å². The van der Waals surface area contributed by atoms with Crippen molar-refractivity contribution in [2.45, 2.75) is 13.5 Å². The molecule has 0 radical (unpaired) electrons. The first-order valence-electron chi connectivity index (χ1n) is 9.53. The third-order valence-corrected chi connectivity index (χ3v) is 6.25. The molecule has 0 aliphatic heterocycles. The number of halogens is 3. The predicted molar refractivity (Wildman–Crippen MR) is 137 cm³/mol. The number of nitrogens with zero attached hydrogens (tertiary/aromatic N) is 1. The average Bonchev–Trinajstić information content (AvgIpc) is 2.77. The van der Waals surface area contributed by atoms with E-state index in [1.54, 1.807) is 24.3 Å². The molecular formula is C23H19BrClIN2O4. The molecule has 0 atom stereocenters. The van der Waals surface area contributed by atoms with Crippen molar-refractivity contribution in [3.8, 4) is 17.2 Å². The topological polar surface area (TPSA) is 80.2 Å². The van der Waals surface area contributed by atoms with E-state index in [9.17, 15) is 9.90 Å². The van der Waals surface area contributed by atoms with Crippen molar-refractivity contribution in [3.63, 3.8) is 0 Å². The number of ether oxygens (including phenoxy) is 2. The lowest BCUT2D eigenvalue weighted by atomic mass is 10.2. The summed E-state index contributed by atoms with van der Waals surface area (Å²) in [5, 5.41) is 14.4. The number of nitrogens with one attached hydrogen (secondary N) is 1. The molecule has 1 amide bonds. The van der Waals surface area contributed by atoms with Gasteiger partial charge in [-0.1, -0.05) is 29.8 Å². The second-order valence-corrected chi connectivity index (χ2v) is 8.92. The first kappa shape index (κ1) is 24.3. The van der Waals surface area contributed by atoms with E-state index in [0.29, 0.717) is 48.9 Å². The van der Waals surface area contributed by atoms with Crippen molar-refractivity contribution in [1.29, 1.82) is 0 Å².